The minimum absolute atomic E-state index is 0.233. The van der Waals surface area contributed by atoms with Gasteiger partial charge in [-0.3, -0.25) is 14.9 Å². The predicted molar refractivity (Wildman–Crippen MR) is 189 cm³/mol. The van der Waals surface area contributed by atoms with Crippen LogP contribution in [0.25, 0.3) is 0 Å². The van der Waals surface area contributed by atoms with Crippen molar-refractivity contribution in [3.05, 3.63) is 93.2 Å². The molecule has 12 heteroatoms. The number of rotatable bonds is 6. The second-order valence-corrected chi connectivity index (χ2v) is 14.5. The highest BCUT2D eigenvalue weighted by Crippen LogP contribution is 2.54. The summed E-state index contributed by atoms with van der Waals surface area (Å²) in [7, 11) is 3.26. The Kier molecular flexibility index (Phi) is 10.0. The van der Waals surface area contributed by atoms with Gasteiger partial charge in [0, 0.05) is 60.6 Å². The normalized spacial score (nSPS) is 21.6. The molecule has 48 heavy (non-hydrogen) atoms. The van der Waals surface area contributed by atoms with Crippen LogP contribution in [0, 0.1) is 0 Å². The summed E-state index contributed by atoms with van der Waals surface area (Å²) >= 11 is 12.7. The van der Waals surface area contributed by atoms with Crippen molar-refractivity contribution in [3.63, 3.8) is 0 Å². The van der Waals surface area contributed by atoms with E-state index >= 15 is 4.79 Å². The molecule has 0 spiro atoms. The molecule has 0 radical (unpaired) electrons. The number of aromatic nitrogens is 1. The first-order valence-corrected chi connectivity index (χ1v) is 16.8. The van der Waals surface area contributed by atoms with Crippen LogP contribution in [-0.4, -0.2) is 89.6 Å². The van der Waals surface area contributed by atoms with Crippen LogP contribution in [0.3, 0.4) is 0 Å². The minimum atomic E-state index is -1.06. The average Bonchev–Trinajstić information content (AvgIpc) is 3.29. The minimum Gasteiger partial charge on any atom is -0.493 e. The fraction of sp³-hybridized carbons (Fsp3) is 0.444. The number of urea groups is 1. The summed E-state index contributed by atoms with van der Waals surface area (Å²) in [4.78, 5) is 48.0. The molecule has 3 aromatic rings. The Bertz CT molecular complexity index is 1680. The molecule has 256 valence electrons. The number of carbonyl (C=O) groups excluding carboxylic acids is 2. The molecule has 5 rings (SSSR count). The van der Waals surface area contributed by atoms with Crippen LogP contribution in [0.15, 0.2) is 65.8 Å². The van der Waals surface area contributed by atoms with E-state index in [0.29, 0.717) is 60.0 Å². The first-order chi connectivity index (χ1) is 22.6. The summed E-state index contributed by atoms with van der Waals surface area (Å²) < 4.78 is 6.24. The summed E-state index contributed by atoms with van der Waals surface area (Å²) in [5.74, 6) is 1.03. The molecule has 0 N–H and O–H groups in total. The molecule has 0 saturated carbocycles. The van der Waals surface area contributed by atoms with Crippen LogP contribution in [0.4, 0.5) is 9.59 Å². The van der Waals surface area contributed by atoms with Gasteiger partial charge < -0.3 is 19.4 Å². The first-order valence-electron chi connectivity index (χ1n) is 16.1. The molecule has 1 saturated heterocycles. The molecule has 0 bridgehead atoms. The zero-order valence-corrected chi connectivity index (χ0v) is 30.4. The topological polar surface area (TPSA) is 90.8 Å². The lowest BCUT2D eigenvalue weighted by atomic mass is 9.71. The summed E-state index contributed by atoms with van der Waals surface area (Å²) in [6, 6.07) is 16.8. The molecular formula is C36H44Cl2N6O4. The van der Waals surface area contributed by atoms with Gasteiger partial charge in [0.2, 0.25) is 0 Å². The first kappa shape index (κ1) is 35.4. The Labute approximate surface area is 293 Å². The molecule has 1 aromatic heterocycles. The third kappa shape index (κ3) is 6.58. The SMILES string of the molecule is CCOc1cc(C(C)(C)C)ncc1C1=N[C@@](C)(c2ccc(Cl)cc2)[C@@](C)(c2ccc(Cl)cc2)N1C(=O)N1CCN(OC(=O)N(C)C)CC1. The fourth-order valence-electron chi connectivity index (χ4n) is 6.16. The maximum atomic E-state index is 15.1. The van der Waals surface area contributed by atoms with E-state index in [9.17, 15) is 4.79 Å². The molecule has 2 atom stereocenters. The predicted octanol–water partition coefficient (Wildman–Crippen LogP) is 7.33. The van der Waals surface area contributed by atoms with Gasteiger partial charge >= 0.3 is 12.1 Å². The summed E-state index contributed by atoms with van der Waals surface area (Å²) in [5, 5.41) is 2.76. The lowest BCUT2D eigenvalue weighted by Gasteiger charge is -2.47. The van der Waals surface area contributed by atoms with Crippen molar-refractivity contribution in [2.75, 3.05) is 46.9 Å². The van der Waals surface area contributed by atoms with Crippen LogP contribution in [-0.2, 0) is 21.3 Å². The number of aliphatic imine (C=N–C) groups is 1. The third-order valence-corrected chi connectivity index (χ3v) is 9.70. The number of carbonyl (C=O) groups is 2. The molecular weight excluding hydrogens is 651 g/mol. The van der Waals surface area contributed by atoms with E-state index in [-0.39, 0.29) is 11.4 Å². The van der Waals surface area contributed by atoms with Crippen LogP contribution in [0.2, 0.25) is 10.0 Å². The molecule has 0 aliphatic carbocycles. The number of hydrogen-bond acceptors (Lipinski definition) is 7. The molecule has 2 aliphatic rings. The van der Waals surface area contributed by atoms with Gasteiger partial charge in [-0.25, -0.2) is 9.59 Å². The molecule has 2 aromatic carbocycles. The van der Waals surface area contributed by atoms with Crippen molar-refractivity contribution >= 4 is 41.2 Å². The quantitative estimate of drug-likeness (QED) is 0.268. The number of halogens is 2. The van der Waals surface area contributed by atoms with Crippen molar-refractivity contribution < 1.29 is 19.2 Å². The molecule has 3 amide bonds. The number of amides is 3. The number of piperazine rings is 1. The maximum absolute atomic E-state index is 15.1. The van der Waals surface area contributed by atoms with Crippen LogP contribution in [0.1, 0.15) is 63.9 Å². The largest absolute Gasteiger partial charge is 0.493 e. The van der Waals surface area contributed by atoms with Gasteiger partial charge in [-0.1, -0.05) is 68.2 Å². The highest BCUT2D eigenvalue weighted by molar-refractivity contribution is 6.30. The van der Waals surface area contributed by atoms with Gasteiger partial charge in [-0.05, 0) is 56.2 Å². The van der Waals surface area contributed by atoms with Gasteiger partial charge in [0.15, 0.2) is 0 Å². The van der Waals surface area contributed by atoms with Crippen molar-refractivity contribution in [1.82, 2.24) is 24.7 Å². The highest BCUT2D eigenvalue weighted by atomic mass is 35.5. The van der Waals surface area contributed by atoms with E-state index in [2.05, 4.69) is 20.8 Å². The number of hydrogen-bond donors (Lipinski definition) is 0. The summed E-state index contributed by atoms with van der Waals surface area (Å²) in [6.07, 6.45) is 1.30. The van der Waals surface area contributed by atoms with Crippen molar-refractivity contribution in [2.24, 2.45) is 4.99 Å². The molecule has 3 heterocycles. The van der Waals surface area contributed by atoms with Crippen LogP contribution in [0.5, 0.6) is 5.75 Å². The highest BCUT2D eigenvalue weighted by Gasteiger charge is 2.60. The number of amidine groups is 1. The van der Waals surface area contributed by atoms with Gasteiger partial charge in [-0.15, -0.1) is 5.06 Å². The smallest absolute Gasteiger partial charge is 0.428 e. The Hall–Kier alpha value is -3.86. The van der Waals surface area contributed by atoms with E-state index in [1.165, 1.54) is 4.90 Å². The Morgan fingerprint density at radius 2 is 1.48 bits per heavy atom. The Morgan fingerprint density at radius 3 is 2.00 bits per heavy atom. The Morgan fingerprint density at radius 1 is 0.917 bits per heavy atom. The maximum Gasteiger partial charge on any atom is 0.428 e. The standard InChI is InChI=1S/C36H44Cl2N6O4/c1-9-47-29-22-30(34(2,3)4)39-23-28(29)31-40-35(5,24-10-14-26(37)15-11-24)36(6,25-12-16-27(38)17-13-25)44(31)32(45)42-18-20-43(21-19-42)48-33(46)41(7)8/h10-17,22-23H,9,18-21H2,1-8H3/t35-,36+/m0/s1. The molecule has 1 fully saturated rings. The van der Waals surface area contributed by atoms with E-state index < -0.39 is 17.2 Å². The zero-order valence-electron chi connectivity index (χ0n) is 28.9. The van der Waals surface area contributed by atoms with E-state index in [4.69, 9.17) is 42.8 Å². The van der Waals surface area contributed by atoms with Crippen molar-refractivity contribution in [1.29, 1.82) is 0 Å². The lowest BCUT2D eigenvalue weighted by Crippen LogP contribution is -2.60. The van der Waals surface area contributed by atoms with Gasteiger partial charge in [0.05, 0.1) is 25.3 Å². The number of nitrogens with zero attached hydrogens (tertiary/aromatic N) is 6. The van der Waals surface area contributed by atoms with Gasteiger partial charge in [0.25, 0.3) is 0 Å². The zero-order chi connectivity index (χ0) is 35.0. The second kappa shape index (κ2) is 13.6. The third-order valence-electron chi connectivity index (χ3n) is 9.20. The number of hydroxylamine groups is 2. The van der Waals surface area contributed by atoms with Crippen molar-refractivity contribution in [2.45, 2.75) is 58.0 Å². The summed E-state index contributed by atoms with van der Waals surface area (Å²) in [6.45, 7) is 14.1. The van der Waals surface area contributed by atoms with E-state index in [0.717, 1.165) is 16.8 Å². The van der Waals surface area contributed by atoms with Gasteiger partial charge in [0.1, 0.15) is 22.7 Å². The van der Waals surface area contributed by atoms with Crippen LogP contribution >= 0.6 is 23.2 Å². The molecule has 0 unspecified atom stereocenters. The molecule has 2 aliphatic heterocycles. The number of benzene rings is 2. The van der Waals surface area contributed by atoms with E-state index in [1.807, 2.05) is 75.4 Å². The average molecular weight is 696 g/mol. The summed E-state index contributed by atoms with van der Waals surface area (Å²) in [5.41, 5.74) is 0.888. The van der Waals surface area contributed by atoms with Gasteiger partial charge in [-0.2, -0.15) is 0 Å². The van der Waals surface area contributed by atoms with Crippen LogP contribution < -0.4 is 4.74 Å². The fourth-order valence-corrected chi connectivity index (χ4v) is 6.41. The number of ether oxygens (including phenoxy) is 1. The second-order valence-electron chi connectivity index (χ2n) is 13.6. The molecule has 10 nitrogen and oxygen atoms in total. The monoisotopic (exact) mass is 694 g/mol. The lowest BCUT2D eigenvalue weighted by molar-refractivity contribution is -0.126. The van der Waals surface area contributed by atoms with Crippen molar-refractivity contribution in [3.8, 4) is 5.75 Å². The number of pyridine rings is 1. The van der Waals surface area contributed by atoms with E-state index in [1.54, 1.807) is 35.2 Å². The Balaban J connectivity index is 1.69.